The van der Waals surface area contributed by atoms with Gasteiger partial charge in [-0.25, -0.2) is 0 Å². The first kappa shape index (κ1) is 13.7. The molecule has 3 nitrogen and oxygen atoms in total. The monoisotopic (exact) mass is 210 g/mol. The molecule has 0 spiro atoms. The van der Waals surface area contributed by atoms with E-state index in [0.29, 0.717) is 19.6 Å². The number of ether oxygens (including phenoxy) is 1. The number of hydrogen-bond donors (Lipinski definition) is 1. The van der Waals surface area contributed by atoms with Crippen LogP contribution in [0.1, 0.15) is 19.8 Å². The zero-order chi connectivity index (χ0) is 11.4. The van der Waals surface area contributed by atoms with Crippen molar-refractivity contribution in [3.8, 4) is 0 Å². The lowest BCUT2D eigenvalue weighted by molar-refractivity contribution is -0.137. The highest BCUT2D eigenvalue weighted by Crippen LogP contribution is 1.88. The van der Waals surface area contributed by atoms with E-state index >= 15 is 0 Å². The smallest absolute Gasteiger partial charge is 0.303 e. The molecule has 0 aliphatic heterocycles. The molecule has 84 valence electrons. The van der Waals surface area contributed by atoms with Crippen LogP contribution in [-0.4, -0.2) is 24.3 Å². The van der Waals surface area contributed by atoms with Crippen molar-refractivity contribution >= 4 is 5.97 Å². The molecule has 0 unspecified atom stereocenters. The Bertz CT molecular complexity index is 207. The Kier molecular flexibility index (Phi) is 9.76. The third-order valence-electron chi connectivity index (χ3n) is 1.55. The van der Waals surface area contributed by atoms with Crippen LogP contribution in [0, 0.1) is 0 Å². The number of carboxylic acids is 1. The summed E-state index contributed by atoms with van der Waals surface area (Å²) in [5, 5.41) is 8.16. The van der Waals surface area contributed by atoms with Gasteiger partial charge in [-0.1, -0.05) is 36.4 Å². The molecule has 0 atom stereocenters. The van der Waals surface area contributed by atoms with Crippen LogP contribution in [-0.2, 0) is 9.53 Å². The Morgan fingerprint density at radius 3 is 1.93 bits per heavy atom. The van der Waals surface area contributed by atoms with E-state index in [2.05, 4.69) is 0 Å². The van der Waals surface area contributed by atoms with Gasteiger partial charge in [-0.05, 0) is 13.3 Å². The van der Waals surface area contributed by atoms with Gasteiger partial charge in [-0.15, -0.1) is 0 Å². The number of aliphatic carboxylic acids is 1. The normalized spacial score (nSPS) is 8.87. The Hall–Kier alpha value is -1.35. The van der Waals surface area contributed by atoms with Crippen LogP contribution in [0.25, 0.3) is 0 Å². The van der Waals surface area contributed by atoms with Crippen LogP contribution in [0.4, 0.5) is 0 Å². The highest BCUT2D eigenvalue weighted by Gasteiger charge is 1.94. The molecule has 0 radical (unpaired) electrons. The molecule has 0 aliphatic rings. The Morgan fingerprint density at radius 1 is 1.13 bits per heavy atom. The second-order valence-electron chi connectivity index (χ2n) is 2.85. The standard InChI is InChI=1S/C6H12O3.C6H6/c1-2-9-5-3-4-6(7)8;1-2-4-6-5-3-1/h2-5H2,1H3,(H,7,8);1-6H. The molecule has 1 aromatic carbocycles. The lowest BCUT2D eigenvalue weighted by atomic mass is 10.3. The molecule has 0 aromatic heterocycles. The average Bonchev–Trinajstić information content (AvgIpc) is 2.28. The number of rotatable bonds is 5. The molecular weight excluding hydrogens is 192 g/mol. The zero-order valence-electron chi connectivity index (χ0n) is 9.06. The zero-order valence-corrected chi connectivity index (χ0v) is 9.06. The minimum Gasteiger partial charge on any atom is -0.481 e. The van der Waals surface area contributed by atoms with Crippen molar-refractivity contribution in [1.82, 2.24) is 0 Å². The van der Waals surface area contributed by atoms with Gasteiger partial charge in [-0.2, -0.15) is 0 Å². The summed E-state index contributed by atoms with van der Waals surface area (Å²) >= 11 is 0. The molecule has 0 saturated heterocycles. The Labute approximate surface area is 90.7 Å². The summed E-state index contributed by atoms with van der Waals surface area (Å²) in [5.41, 5.74) is 0. The summed E-state index contributed by atoms with van der Waals surface area (Å²) in [6.07, 6.45) is 0.823. The largest absolute Gasteiger partial charge is 0.481 e. The maximum Gasteiger partial charge on any atom is 0.303 e. The molecular formula is C12H18O3. The van der Waals surface area contributed by atoms with Gasteiger partial charge in [0.05, 0.1) is 0 Å². The summed E-state index contributed by atoms with van der Waals surface area (Å²) in [6.45, 7) is 3.11. The topological polar surface area (TPSA) is 46.5 Å². The van der Waals surface area contributed by atoms with Crippen molar-refractivity contribution in [3.63, 3.8) is 0 Å². The van der Waals surface area contributed by atoms with E-state index < -0.39 is 5.97 Å². The molecule has 1 aromatic rings. The molecule has 1 N–H and O–H groups in total. The summed E-state index contributed by atoms with van der Waals surface area (Å²) in [5.74, 6) is -0.755. The van der Waals surface area contributed by atoms with Gasteiger partial charge in [0.15, 0.2) is 0 Å². The van der Waals surface area contributed by atoms with Crippen LogP contribution < -0.4 is 0 Å². The molecule has 3 heteroatoms. The molecule has 1 rings (SSSR count). The van der Waals surface area contributed by atoms with Gasteiger partial charge >= 0.3 is 5.97 Å². The first-order valence-electron chi connectivity index (χ1n) is 5.07. The molecule has 0 amide bonds. The van der Waals surface area contributed by atoms with Crippen molar-refractivity contribution in [2.75, 3.05) is 13.2 Å². The minimum absolute atomic E-state index is 0.208. The second kappa shape index (κ2) is 10.7. The second-order valence-corrected chi connectivity index (χ2v) is 2.85. The van der Waals surface area contributed by atoms with Crippen molar-refractivity contribution in [1.29, 1.82) is 0 Å². The minimum atomic E-state index is -0.755. The summed E-state index contributed by atoms with van der Waals surface area (Å²) in [6, 6.07) is 12.0. The average molecular weight is 210 g/mol. The van der Waals surface area contributed by atoms with Gasteiger partial charge in [0.2, 0.25) is 0 Å². The van der Waals surface area contributed by atoms with Gasteiger partial charge in [-0.3, -0.25) is 4.79 Å². The fourth-order valence-corrected chi connectivity index (χ4v) is 0.855. The first-order valence-corrected chi connectivity index (χ1v) is 5.07. The highest BCUT2D eigenvalue weighted by molar-refractivity contribution is 5.66. The maximum atomic E-state index is 9.91. The Balaban J connectivity index is 0.000000280. The third kappa shape index (κ3) is 12.6. The van der Waals surface area contributed by atoms with Gasteiger partial charge in [0.25, 0.3) is 0 Å². The summed E-state index contributed by atoms with van der Waals surface area (Å²) < 4.78 is 4.92. The van der Waals surface area contributed by atoms with Crippen molar-refractivity contribution < 1.29 is 14.6 Å². The van der Waals surface area contributed by atoms with Crippen molar-refractivity contribution in [3.05, 3.63) is 36.4 Å². The predicted octanol–water partition coefficient (Wildman–Crippen LogP) is 2.57. The van der Waals surface area contributed by atoms with Crippen molar-refractivity contribution in [2.45, 2.75) is 19.8 Å². The van der Waals surface area contributed by atoms with Crippen LogP contribution >= 0.6 is 0 Å². The quantitative estimate of drug-likeness (QED) is 0.760. The summed E-state index contributed by atoms with van der Waals surface area (Å²) in [4.78, 5) is 9.91. The maximum absolute atomic E-state index is 9.91. The number of carbonyl (C=O) groups is 1. The van der Waals surface area contributed by atoms with Crippen LogP contribution in [0.5, 0.6) is 0 Å². The van der Waals surface area contributed by atoms with Gasteiger partial charge in [0.1, 0.15) is 0 Å². The fourth-order valence-electron chi connectivity index (χ4n) is 0.855. The Morgan fingerprint density at radius 2 is 1.60 bits per heavy atom. The summed E-state index contributed by atoms with van der Waals surface area (Å²) in [7, 11) is 0. The van der Waals surface area contributed by atoms with Crippen molar-refractivity contribution in [2.24, 2.45) is 0 Å². The SMILES string of the molecule is CCOCCCC(=O)O.c1ccccc1. The van der Waals surface area contributed by atoms with E-state index in [-0.39, 0.29) is 6.42 Å². The molecule has 0 bridgehead atoms. The first-order chi connectivity index (χ1) is 7.27. The predicted molar refractivity (Wildman–Crippen MR) is 59.8 cm³/mol. The van der Waals surface area contributed by atoms with E-state index in [1.54, 1.807) is 0 Å². The fraction of sp³-hybridized carbons (Fsp3) is 0.417. The van der Waals surface area contributed by atoms with Gasteiger partial charge in [0, 0.05) is 19.6 Å². The highest BCUT2D eigenvalue weighted by atomic mass is 16.5. The number of hydrogen-bond acceptors (Lipinski definition) is 2. The third-order valence-corrected chi connectivity index (χ3v) is 1.55. The molecule has 0 saturated carbocycles. The molecule has 0 heterocycles. The van der Waals surface area contributed by atoms with E-state index in [0.717, 1.165) is 0 Å². The van der Waals surface area contributed by atoms with E-state index in [1.165, 1.54) is 0 Å². The molecule has 0 fully saturated rings. The van der Waals surface area contributed by atoms with Crippen LogP contribution in [0.2, 0.25) is 0 Å². The molecule has 15 heavy (non-hydrogen) atoms. The van der Waals surface area contributed by atoms with Crippen LogP contribution in [0.15, 0.2) is 36.4 Å². The number of carboxylic acid groups (broad SMARTS) is 1. The van der Waals surface area contributed by atoms with E-state index in [1.807, 2.05) is 43.3 Å². The molecule has 0 aliphatic carbocycles. The van der Waals surface area contributed by atoms with Gasteiger partial charge < -0.3 is 9.84 Å². The lowest BCUT2D eigenvalue weighted by Crippen LogP contribution is -1.99. The number of benzene rings is 1. The van der Waals surface area contributed by atoms with Crippen LogP contribution in [0.3, 0.4) is 0 Å². The van der Waals surface area contributed by atoms with E-state index in [9.17, 15) is 4.79 Å². The van der Waals surface area contributed by atoms with E-state index in [4.69, 9.17) is 9.84 Å². The lowest BCUT2D eigenvalue weighted by Gasteiger charge is -1.96.